The monoisotopic (exact) mass is 442 g/mol. The second kappa shape index (κ2) is 9.49. The number of hydrogen-bond donors (Lipinski definition) is 2. The number of rotatable bonds is 7. The molecule has 0 heterocycles. The molecule has 32 heavy (non-hydrogen) atoms. The summed E-state index contributed by atoms with van der Waals surface area (Å²) in [5.74, 6) is -0.222. The predicted octanol–water partition coefficient (Wildman–Crippen LogP) is 5.08. The summed E-state index contributed by atoms with van der Waals surface area (Å²) in [7, 11) is -3.74. The molecule has 0 spiro atoms. The minimum absolute atomic E-state index is 0.168. The molecule has 1 amide bonds. The summed E-state index contributed by atoms with van der Waals surface area (Å²) in [6.45, 7) is 0.424. The van der Waals surface area contributed by atoms with Crippen molar-refractivity contribution in [3.8, 4) is 11.1 Å². The number of benzene rings is 4. The summed E-state index contributed by atoms with van der Waals surface area (Å²) in [5, 5.41) is 2.85. The number of sulfonamides is 1. The molecule has 0 aliphatic heterocycles. The average molecular weight is 443 g/mol. The molecule has 4 rings (SSSR count). The van der Waals surface area contributed by atoms with E-state index < -0.39 is 10.0 Å². The Morgan fingerprint density at radius 1 is 0.656 bits per heavy atom. The van der Waals surface area contributed by atoms with Gasteiger partial charge in [0.1, 0.15) is 0 Å². The van der Waals surface area contributed by atoms with Gasteiger partial charge in [-0.2, -0.15) is 0 Å². The fourth-order valence-electron chi connectivity index (χ4n) is 3.24. The molecule has 5 nitrogen and oxygen atoms in total. The second-order valence-corrected chi connectivity index (χ2v) is 8.92. The minimum atomic E-state index is -3.74. The first-order chi connectivity index (χ1) is 15.5. The first-order valence-electron chi connectivity index (χ1n) is 10.1. The molecule has 0 radical (unpaired) electrons. The van der Waals surface area contributed by atoms with Crippen LogP contribution in [0.3, 0.4) is 0 Å². The Hall–Kier alpha value is -3.90. The third-order valence-corrected chi connectivity index (χ3v) is 6.36. The van der Waals surface area contributed by atoms with E-state index in [9.17, 15) is 13.2 Å². The summed E-state index contributed by atoms with van der Waals surface area (Å²) < 4.78 is 28.0. The van der Waals surface area contributed by atoms with Crippen molar-refractivity contribution < 1.29 is 13.2 Å². The third kappa shape index (κ3) is 5.22. The van der Waals surface area contributed by atoms with E-state index in [1.807, 2.05) is 60.7 Å². The topological polar surface area (TPSA) is 75.3 Å². The van der Waals surface area contributed by atoms with Crippen LogP contribution in [-0.4, -0.2) is 14.3 Å². The zero-order valence-electron chi connectivity index (χ0n) is 17.2. The SMILES string of the molecule is O=C(NCc1ccccc1)c1ccc(NS(=O)(=O)c2ccc(-c3ccccc3)cc2)cc1. The van der Waals surface area contributed by atoms with Gasteiger partial charge in [0.2, 0.25) is 0 Å². The Kier molecular flexibility index (Phi) is 6.33. The predicted molar refractivity (Wildman–Crippen MR) is 127 cm³/mol. The fraction of sp³-hybridized carbons (Fsp3) is 0.0385. The van der Waals surface area contributed by atoms with Gasteiger partial charge in [-0.05, 0) is 53.1 Å². The molecule has 0 aliphatic rings. The fourth-order valence-corrected chi connectivity index (χ4v) is 4.30. The number of hydrogen-bond acceptors (Lipinski definition) is 3. The smallest absolute Gasteiger partial charge is 0.261 e. The highest BCUT2D eigenvalue weighted by Crippen LogP contribution is 2.22. The van der Waals surface area contributed by atoms with Crippen molar-refractivity contribution in [2.24, 2.45) is 0 Å². The van der Waals surface area contributed by atoms with E-state index in [1.54, 1.807) is 48.5 Å². The van der Waals surface area contributed by atoms with Crippen LogP contribution in [0.5, 0.6) is 0 Å². The Balaban J connectivity index is 1.40. The van der Waals surface area contributed by atoms with Crippen LogP contribution in [0.25, 0.3) is 11.1 Å². The standard InChI is InChI=1S/C26H22N2O3S/c29-26(27-19-20-7-3-1-4-8-20)23-11-15-24(16-12-23)28-32(30,31)25-17-13-22(14-18-25)21-9-5-2-6-10-21/h1-18,28H,19H2,(H,27,29). The Morgan fingerprint density at radius 3 is 1.84 bits per heavy atom. The van der Waals surface area contributed by atoms with Crippen molar-refractivity contribution in [2.45, 2.75) is 11.4 Å². The third-order valence-electron chi connectivity index (χ3n) is 4.97. The van der Waals surface area contributed by atoms with Crippen LogP contribution in [0, 0.1) is 0 Å². The highest BCUT2D eigenvalue weighted by molar-refractivity contribution is 7.92. The van der Waals surface area contributed by atoms with Crippen molar-refractivity contribution in [3.63, 3.8) is 0 Å². The lowest BCUT2D eigenvalue weighted by Gasteiger charge is -2.10. The second-order valence-electron chi connectivity index (χ2n) is 7.24. The van der Waals surface area contributed by atoms with E-state index in [0.717, 1.165) is 16.7 Å². The summed E-state index contributed by atoms with van der Waals surface area (Å²) in [4.78, 5) is 12.5. The lowest BCUT2D eigenvalue weighted by atomic mass is 10.1. The van der Waals surface area contributed by atoms with Crippen molar-refractivity contribution in [2.75, 3.05) is 4.72 Å². The highest BCUT2D eigenvalue weighted by atomic mass is 32.2. The van der Waals surface area contributed by atoms with Crippen molar-refractivity contribution in [3.05, 3.63) is 120 Å². The van der Waals surface area contributed by atoms with Crippen LogP contribution in [0.2, 0.25) is 0 Å². The first-order valence-corrected chi connectivity index (χ1v) is 11.6. The maximum Gasteiger partial charge on any atom is 0.261 e. The maximum atomic E-state index is 12.7. The normalized spacial score (nSPS) is 11.0. The van der Waals surface area contributed by atoms with Crippen molar-refractivity contribution in [1.82, 2.24) is 5.32 Å². The molecule has 0 aliphatic carbocycles. The Morgan fingerprint density at radius 2 is 1.22 bits per heavy atom. The molecule has 0 bridgehead atoms. The van der Waals surface area contributed by atoms with E-state index in [0.29, 0.717) is 17.8 Å². The molecule has 2 N–H and O–H groups in total. The average Bonchev–Trinajstić information content (AvgIpc) is 2.84. The molecular weight excluding hydrogens is 420 g/mol. The van der Waals surface area contributed by atoms with Crippen LogP contribution < -0.4 is 10.0 Å². The molecule has 0 saturated carbocycles. The highest BCUT2D eigenvalue weighted by Gasteiger charge is 2.15. The first kappa shape index (κ1) is 21.3. The minimum Gasteiger partial charge on any atom is -0.348 e. The molecule has 160 valence electrons. The van der Waals surface area contributed by atoms with Gasteiger partial charge in [0, 0.05) is 17.8 Å². The molecule has 6 heteroatoms. The van der Waals surface area contributed by atoms with E-state index in [1.165, 1.54) is 0 Å². The molecule has 0 fully saturated rings. The zero-order chi connectivity index (χ0) is 22.4. The van der Waals surface area contributed by atoms with Gasteiger partial charge in [0.15, 0.2) is 0 Å². The van der Waals surface area contributed by atoms with Crippen molar-refractivity contribution >= 4 is 21.6 Å². The lowest BCUT2D eigenvalue weighted by Crippen LogP contribution is -2.22. The number of anilines is 1. The van der Waals surface area contributed by atoms with Gasteiger partial charge in [-0.3, -0.25) is 9.52 Å². The molecule has 0 unspecified atom stereocenters. The molecular formula is C26H22N2O3S. The summed E-state index contributed by atoms with van der Waals surface area (Å²) >= 11 is 0. The zero-order valence-corrected chi connectivity index (χ0v) is 18.0. The van der Waals surface area contributed by atoms with Crippen molar-refractivity contribution in [1.29, 1.82) is 0 Å². The van der Waals surface area contributed by atoms with Crippen LogP contribution in [0.4, 0.5) is 5.69 Å². The molecule has 4 aromatic carbocycles. The maximum absolute atomic E-state index is 12.7. The number of nitrogens with one attached hydrogen (secondary N) is 2. The van der Waals surface area contributed by atoms with Crippen LogP contribution in [0.15, 0.2) is 114 Å². The van der Waals surface area contributed by atoms with Gasteiger partial charge in [-0.25, -0.2) is 8.42 Å². The number of carbonyl (C=O) groups excluding carboxylic acids is 1. The molecule has 0 aromatic heterocycles. The Bertz CT molecular complexity index is 1290. The van der Waals surface area contributed by atoms with E-state index in [4.69, 9.17) is 0 Å². The van der Waals surface area contributed by atoms with Gasteiger partial charge in [0.05, 0.1) is 4.90 Å². The van der Waals surface area contributed by atoms with Gasteiger partial charge in [-0.1, -0.05) is 72.8 Å². The largest absolute Gasteiger partial charge is 0.348 e. The van der Waals surface area contributed by atoms with Crippen LogP contribution in [-0.2, 0) is 16.6 Å². The summed E-state index contributed by atoms with van der Waals surface area (Å²) in [6, 6.07) is 32.4. The molecule has 0 atom stereocenters. The van der Waals surface area contributed by atoms with E-state index in [-0.39, 0.29) is 10.8 Å². The van der Waals surface area contributed by atoms with E-state index >= 15 is 0 Å². The van der Waals surface area contributed by atoms with E-state index in [2.05, 4.69) is 10.0 Å². The quantitative estimate of drug-likeness (QED) is 0.419. The van der Waals surface area contributed by atoms with Gasteiger partial charge >= 0.3 is 0 Å². The van der Waals surface area contributed by atoms with Gasteiger partial charge in [-0.15, -0.1) is 0 Å². The van der Waals surface area contributed by atoms with Crippen LogP contribution in [0.1, 0.15) is 15.9 Å². The van der Waals surface area contributed by atoms with Gasteiger partial charge < -0.3 is 5.32 Å². The number of carbonyl (C=O) groups is 1. The summed E-state index contributed by atoms with van der Waals surface area (Å²) in [6.07, 6.45) is 0. The number of amides is 1. The van der Waals surface area contributed by atoms with Gasteiger partial charge in [0.25, 0.3) is 15.9 Å². The van der Waals surface area contributed by atoms with Crippen LogP contribution >= 0.6 is 0 Å². The molecule has 4 aromatic rings. The molecule has 0 saturated heterocycles. The Labute approximate surface area is 187 Å². The lowest BCUT2D eigenvalue weighted by molar-refractivity contribution is 0.0951. The summed E-state index contributed by atoms with van der Waals surface area (Å²) in [5.41, 5.74) is 3.80.